The monoisotopic (exact) mass is 441 g/mol. The molecule has 2 aromatic carbocycles. The molecule has 166 valence electrons. The van der Waals surface area contributed by atoms with Gasteiger partial charge in [-0.1, -0.05) is 12.1 Å². The highest BCUT2D eigenvalue weighted by atomic mass is 16.3. The molecular weight excluding hydrogens is 418 g/mol. The van der Waals surface area contributed by atoms with Gasteiger partial charge in [-0.25, -0.2) is 0 Å². The lowest BCUT2D eigenvalue weighted by molar-refractivity contribution is -0.132. The van der Waals surface area contributed by atoms with Crippen LogP contribution in [0.4, 0.5) is 11.4 Å². The van der Waals surface area contributed by atoms with E-state index in [0.717, 1.165) is 11.1 Å². The number of anilines is 2. The van der Waals surface area contributed by atoms with E-state index in [2.05, 4.69) is 10.3 Å². The normalized spacial score (nSPS) is 17.3. The Bertz CT molecular complexity index is 1280. The van der Waals surface area contributed by atoms with Crippen LogP contribution in [0.1, 0.15) is 35.2 Å². The van der Waals surface area contributed by atoms with Crippen molar-refractivity contribution >= 4 is 34.7 Å². The topological polar surface area (TPSA) is 99.6 Å². The van der Waals surface area contributed by atoms with Gasteiger partial charge in [0.2, 0.25) is 5.91 Å². The molecule has 0 spiro atoms. The van der Waals surface area contributed by atoms with Crippen molar-refractivity contribution in [3.05, 3.63) is 94.8 Å². The van der Waals surface area contributed by atoms with Crippen molar-refractivity contribution in [1.82, 2.24) is 4.98 Å². The van der Waals surface area contributed by atoms with Gasteiger partial charge in [0.1, 0.15) is 5.76 Å². The molecule has 2 amide bonds. The molecule has 1 unspecified atom stereocenters. The number of amides is 2. The second kappa shape index (κ2) is 8.70. The number of Topliss-reactive ketones (excluding diaryl/α,β-unsaturated/α-hetero) is 1. The summed E-state index contributed by atoms with van der Waals surface area (Å²) < 4.78 is 0. The average molecular weight is 441 g/mol. The predicted molar refractivity (Wildman–Crippen MR) is 126 cm³/mol. The second-order valence-corrected chi connectivity index (χ2v) is 7.98. The lowest BCUT2D eigenvalue weighted by Crippen LogP contribution is -2.29. The second-order valence-electron chi connectivity index (χ2n) is 7.98. The molecule has 1 saturated heterocycles. The number of aryl methyl sites for hydroxylation is 2. The molecule has 1 atom stereocenters. The van der Waals surface area contributed by atoms with Crippen LogP contribution in [0.2, 0.25) is 0 Å². The Labute approximate surface area is 191 Å². The number of pyridine rings is 1. The number of aliphatic hydroxyl groups is 1. The molecular formula is C26H23N3O4. The molecule has 2 heterocycles. The predicted octanol–water partition coefficient (Wildman–Crippen LogP) is 4.28. The molecule has 7 heteroatoms. The Morgan fingerprint density at radius 3 is 2.24 bits per heavy atom. The van der Waals surface area contributed by atoms with E-state index in [1.54, 1.807) is 60.9 Å². The summed E-state index contributed by atoms with van der Waals surface area (Å²) in [6.07, 6.45) is 3.15. The van der Waals surface area contributed by atoms with Gasteiger partial charge in [-0.05, 0) is 73.0 Å². The van der Waals surface area contributed by atoms with E-state index >= 15 is 0 Å². The fraction of sp³-hybridized carbons (Fsp3) is 0.154. The minimum atomic E-state index is -0.832. The summed E-state index contributed by atoms with van der Waals surface area (Å²) in [5.41, 5.74) is 4.17. The van der Waals surface area contributed by atoms with Crippen LogP contribution in [-0.4, -0.2) is 27.7 Å². The van der Waals surface area contributed by atoms with Crippen LogP contribution in [0.15, 0.2) is 72.6 Å². The molecule has 0 saturated carbocycles. The van der Waals surface area contributed by atoms with Crippen molar-refractivity contribution in [2.45, 2.75) is 26.8 Å². The SMILES string of the molecule is CC(=O)Nc1ccc(N2C(=O)C(=O)/C(=C(\O)c3ccc(C)c(C)c3)C2c2ccncc2)cc1. The maximum atomic E-state index is 13.2. The average Bonchev–Trinajstić information content (AvgIpc) is 3.06. The van der Waals surface area contributed by atoms with Gasteiger partial charge in [-0.2, -0.15) is 0 Å². The van der Waals surface area contributed by atoms with Gasteiger partial charge in [0.25, 0.3) is 11.7 Å². The number of hydrogen-bond donors (Lipinski definition) is 2. The molecule has 1 aromatic heterocycles. The fourth-order valence-electron chi connectivity index (χ4n) is 3.91. The van der Waals surface area contributed by atoms with Crippen molar-refractivity contribution in [2.24, 2.45) is 0 Å². The number of nitrogens with zero attached hydrogens (tertiary/aromatic N) is 2. The van der Waals surface area contributed by atoms with E-state index in [9.17, 15) is 19.5 Å². The molecule has 7 nitrogen and oxygen atoms in total. The summed E-state index contributed by atoms with van der Waals surface area (Å²) in [4.78, 5) is 43.1. The first-order chi connectivity index (χ1) is 15.8. The molecule has 0 bridgehead atoms. The number of rotatable bonds is 4. The lowest BCUT2D eigenvalue weighted by atomic mass is 9.94. The van der Waals surface area contributed by atoms with Gasteiger partial charge >= 0.3 is 0 Å². The van der Waals surface area contributed by atoms with Gasteiger partial charge in [-0.15, -0.1) is 0 Å². The fourth-order valence-corrected chi connectivity index (χ4v) is 3.91. The number of ketones is 1. The summed E-state index contributed by atoms with van der Waals surface area (Å²) in [6, 6.07) is 14.6. The zero-order valence-electron chi connectivity index (χ0n) is 18.5. The number of aliphatic hydroxyl groups excluding tert-OH is 1. The van der Waals surface area contributed by atoms with Crippen molar-refractivity contribution in [3.8, 4) is 0 Å². The summed E-state index contributed by atoms with van der Waals surface area (Å²) in [5, 5.41) is 13.9. The van der Waals surface area contributed by atoms with Crippen LogP contribution < -0.4 is 10.2 Å². The van der Waals surface area contributed by atoms with E-state index in [4.69, 9.17) is 0 Å². The Kier molecular flexibility index (Phi) is 5.79. The summed E-state index contributed by atoms with van der Waals surface area (Å²) in [7, 11) is 0. The molecule has 0 aliphatic carbocycles. The molecule has 33 heavy (non-hydrogen) atoms. The third-order valence-electron chi connectivity index (χ3n) is 5.71. The van der Waals surface area contributed by atoms with Gasteiger partial charge in [-0.3, -0.25) is 24.3 Å². The van der Waals surface area contributed by atoms with Crippen molar-refractivity contribution in [3.63, 3.8) is 0 Å². The smallest absolute Gasteiger partial charge is 0.300 e. The minimum absolute atomic E-state index is 0.0143. The van der Waals surface area contributed by atoms with Crippen LogP contribution in [0.25, 0.3) is 5.76 Å². The Morgan fingerprint density at radius 2 is 1.64 bits per heavy atom. The standard InChI is InChI=1S/C26H23N3O4/c1-15-4-5-19(14-16(15)2)24(31)22-23(18-10-12-27-13-11-18)29(26(33)25(22)32)21-8-6-20(7-9-21)28-17(3)30/h4-14,23,31H,1-3H3,(H,28,30)/b24-22-. The van der Waals surface area contributed by atoms with Crippen LogP contribution in [0, 0.1) is 13.8 Å². The van der Waals surface area contributed by atoms with Crippen molar-refractivity contribution in [1.29, 1.82) is 0 Å². The zero-order chi connectivity index (χ0) is 23.7. The number of aromatic nitrogens is 1. The van der Waals surface area contributed by atoms with Crippen LogP contribution in [0.5, 0.6) is 0 Å². The number of nitrogens with one attached hydrogen (secondary N) is 1. The van der Waals surface area contributed by atoms with Gasteiger partial charge in [0.15, 0.2) is 0 Å². The summed E-state index contributed by atoms with van der Waals surface area (Å²) in [5.74, 6) is -1.95. The maximum absolute atomic E-state index is 13.2. The zero-order valence-corrected chi connectivity index (χ0v) is 18.5. The van der Waals surface area contributed by atoms with E-state index in [0.29, 0.717) is 22.5 Å². The number of hydrogen-bond acceptors (Lipinski definition) is 5. The molecule has 1 aliphatic rings. The lowest BCUT2D eigenvalue weighted by Gasteiger charge is -2.25. The first kappa shape index (κ1) is 22.0. The van der Waals surface area contributed by atoms with Crippen LogP contribution >= 0.6 is 0 Å². The molecule has 4 rings (SSSR count). The number of benzene rings is 2. The van der Waals surface area contributed by atoms with E-state index in [-0.39, 0.29) is 17.2 Å². The van der Waals surface area contributed by atoms with Crippen molar-refractivity contribution < 1.29 is 19.5 Å². The Hall–Kier alpha value is -4.26. The first-order valence-corrected chi connectivity index (χ1v) is 10.4. The third-order valence-corrected chi connectivity index (χ3v) is 5.71. The van der Waals surface area contributed by atoms with Crippen molar-refractivity contribution in [2.75, 3.05) is 10.2 Å². The van der Waals surface area contributed by atoms with Crippen LogP contribution in [-0.2, 0) is 14.4 Å². The number of carbonyl (C=O) groups is 3. The molecule has 2 N–H and O–H groups in total. The van der Waals surface area contributed by atoms with Gasteiger partial charge in [0.05, 0.1) is 11.6 Å². The summed E-state index contributed by atoms with van der Waals surface area (Å²) >= 11 is 0. The highest BCUT2D eigenvalue weighted by Gasteiger charge is 2.46. The summed E-state index contributed by atoms with van der Waals surface area (Å²) in [6.45, 7) is 5.28. The first-order valence-electron chi connectivity index (χ1n) is 10.4. The number of carbonyl (C=O) groups excluding carboxylic acids is 3. The molecule has 1 aliphatic heterocycles. The van der Waals surface area contributed by atoms with E-state index in [1.807, 2.05) is 19.9 Å². The molecule has 3 aromatic rings. The van der Waals surface area contributed by atoms with Gasteiger partial charge < -0.3 is 10.4 Å². The van der Waals surface area contributed by atoms with E-state index in [1.165, 1.54) is 11.8 Å². The highest BCUT2D eigenvalue weighted by Crippen LogP contribution is 2.42. The van der Waals surface area contributed by atoms with E-state index < -0.39 is 17.7 Å². The maximum Gasteiger partial charge on any atom is 0.300 e. The minimum Gasteiger partial charge on any atom is -0.507 e. The van der Waals surface area contributed by atoms with Crippen LogP contribution in [0.3, 0.4) is 0 Å². The van der Waals surface area contributed by atoms with Gasteiger partial charge in [0, 0.05) is 36.3 Å². The molecule has 0 radical (unpaired) electrons. The molecule has 1 fully saturated rings. The Balaban J connectivity index is 1.87. The Morgan fingerprint density at radius 1 is 0.970 bits per heavy atom. The third kappa shape index (κ3) is 4.13. The largest absolute Gasteiger partial charge is 0.507 e. The highest BCUT2D eigenvalue weighted by molar-refractivity contribution is 6.51. The quantitative estimate of drug-likeness (QED) is 0.358.